The Balaban J connectivity index is 1.40. The van der Waals surface area contributed by atoms with E-state index in [1.54, 1.807) is 0 Å². The van der Waals surface area contributed by atoms with Crippen molar-refractivity contribution >= 4 is 46.4 Å². The molecule has 140 valence electrons. The number of nitrogens with one attached hydrogen (secondary N) is 2. The minimum atomic E-state index is -0.322. The van der Waals surface area contributed by atoms with Crippen molar-refractivity contribution in [1.82, 2.24) is 10.6 Å². The summed E-state index contributed by atoms with van der Waals surface area (Å²) in [6.07, 6.45) is 6.60. The third kappa shape index (κ3) is 3.41. The zero-order chi connectivity index (χ0) is 18.4. The van der Waals surface area contributed by atoms with Gasteiger partial charge in [0, 0.05) is 11.6 Å². The van der Waals surface area contributed by atoms with E-state index < -0.39 is 0 Å². The Morgan fingerprint density at radius 2 is 1.62 bits per heavy atom. The van der Waals surface area contributed by atoms with Gasteiger partial charge in [0.1, 0.15) is 0 Å². The fourth-order valence-corrected chi connectivity index (χ4v) is 6.28. The maximum absolute atomic E-state index is 12.5. The van der Waals surface area contributed by atoms with Crippen LogP contribution >= 0.6 is 35.4 Å². The molecule has 0 heterocycles. The molecular formula is C19H22Cl2N2O2S. The van der Waals surface area contributed by atoms with Crippen molar-refractivity contribution in [2.75, 3.05) is 7.11 Å². The number of amides is 1. The highest BCUT2D eigenvalue weighted by atomic mass is 35.5. The number of ether oxygens (including phenoxy) is 1. The summed E-state index contributed by atoms with van der Waals surface area (Å²) in [6.45, 7) is 0. The molecule has 0 spiro atoms. The van der Waals surface area contributed by atoms with Crippen LogP contribution in [0.2, 0.25) is 10.0 Å². The molecule has 0 aromatic heterocycles. The van der Waals surface area contributed by atoms with Crippen LogP contribution in [-0.2, 0) is 0 Å². The van der Waals surface area contributed by atoms with Crippen molar-refractivity contribution in [2.24, 2.45) is 23.7 Å². The fraction of sp³-hybridized carbons (Fsp3) is 0.579. The molecule has 4 bridgehead atoms. The van der Waals surface area contributed by atoms with Crippen LogP contribution in [0.15, 0.2) is 12.1 Å². The van der Waals surface area contributed by atoms with E-state index in [-0.39, 0.29) is 5.91 Å². The van der Waals surface area contributed by atoms with Crippen LogP contribution in [0.1, 0.15) is 42.5 Å². The zero-order valence-corrected chi connectivity index (χ0v) is 16.9. The number of benzene rings is 1. The van der Waals surface area contributed by atoms with E-state index in [1.807, 2.05) is 0 Å². The van der Waals surface area contributed by atoms with E-state index >= 15 is 0 Å². The molecule has 2 N–H and O–H groups in total. The molecule has 4 aliphatic carbocycles. The average Bonchev–Trinajstić information content (AvgIpc) is 2.57. The summed E-state index contributed by atoms with van der Waals surface area (Å²) >= 11 is 17.6. The number of hydrogen-bond donors (Lipinski definition) is 2. The fourth-order valence-electron chi connectivity index (χ4n) is 5.41. The highest BCUT2D eigenvalue weighted by Gasteiger charge is 2.48. The number of methoxy groups -OCH3 is 1. The Labute approximate surface area is 168 Å². The van der Waals surface area contributed by atoms with Gasteiger partial charge in [0.05, 0.1) is 17.2 Å². The summed E-state index contributed by atoms with van der Waals surface area (Å²) < 4.78 is 5.11. The van der Waals surface area contributed by atoms with E-state index in [1.165, 1.54) is 51.3 Å². The molecule has 1 aromatic rings. The predicted octanol–water partition coefficient (Wildman–Crippen LogP) is 4.43. The minimum Gasteiger partial charge on any atom is -0.494 e. The molecule has 4 aliphatic rings. The Morgan fingerprint density at radius 3 is 2.12 bits per heavy atom. The van der Waals surface area contributed by atoms with Crippen LogP contribution in [0.5, 0.6) is 5.75 Å². The van der Waals surface area contributed by atoms with Gasteiger partial charge in [0.2, 0.25) is 0 Å². The molecule has 26 heavy (non-hydrogen) atoms. The highest BCUT2D eigenvalue weighted by molar-refractivity contribution is 7.80. The predicted molar refractivity (Wildman–Crippen MR) is 107 cm³/mol. The number of carbonyl (C=O) groups excluding carboxylic acids is 1. The van der Waals surface area contributed by atoms with Crippen molar-refractivity contribution in [3.8, 4) is 5.75 Å². The normalized spacial score (nSPS) is 31.6. The van der Waals surface area contributed by atoms with Gasteiger partial charge in [-0.15, -0.1) is 0 Å². The summed E-state index contributed by atoms with van der Waals surface area (Å²) in [7, 11) is 1.48. The van der Waals surface area contributed by atoms with Crippen LogP contribution < -0.4 is 15.4 Å². The number of thiocarbonyl (C=S) groups is 1. The van der Waals surface area contributed by atoms with Crippen molar-refractivity contribution in [2.45, 2.75) is 38.1 Å². The number of carbonyl (C=O) groups is 1. The molecule has 0 radical (unpaired) electrons. The van der Waals surface area contributed by atoms with Crippen molar-refractivity contribution in [1.29, 1.82) is 0 Å². The third-order valence-electron chi connectivity index (χ3n) is 6.22. The molecule has 0 atom stereocenters. The number of rotatable bonds is 3. The SMILES string of the molecule is COc1c(Cl)cc(C(=O)NC(=S)NC2C3CC4CC(C3)CC2C4)cc1Cl. The minimum absolute atomic E-state index is 0.296. The molecule has 0 saturated heterocycles. The quantitative estimate of drug-likeness (QED) is 0.720. The van der Waals surface area contributed by atoms with Crippen LogP contribution in [0.3, 0.4) is 0 Å². The molecule has 7 heteroatoms. The van der Waals surface area contributed by atoms with E-state index in [9.17, 15) is 4.79 Å². The van der Waals surface area contributed by atoms with Crippen molar-refractivity contribution in [3.63, 3.8) is 0 Å². The zero-order valence-electron chi connectivity index (χ0n) is 14.6. The Bertz CT molecular complexity index is 704. The van der Waals surface area contributed by atoms with E-state index in [0.717, 1.165) is 11.8 Å². The summed E-state index contributed by atoms with van der Waals surface area (Å²) in [5.74, 6) is 3.22. The lowest BCUT2D eigenvalue weighted by molar-refractivity contribution is -0.00692. The van der Waals surface area contributed by atoms with Crippen molar-refractivity contribution in [3.05, 3.63) is 27.7 Å². The van der Waals surface area contributed by atoms with Gasteiger partial charge in [-0.1, -0.05) is 23.2 Å². The maximum atomic E-state index is 12.5. The van der Waals surface area contributed by atoms with Crippen LogP contribution in [-0.4, -0.2) is 24.2 Å². The molecule has 5 rings (SSSR count). The first-order chi connectivity index (χ1) is 12.4. The second kappa shape index (κ2) is 7.17. The average molecular weight is 413 g/mol. The Morgan fingerprint density at radius 1 is 1.08 bits per heavy atom. The Hall–Kier alpha value is -1.04. The maximum Gasteiger partial charge on any atom is 0.257 e. The van der Waals surface area contributed by atoms with Gasteiger partial charge in [0.25, 0.3) is 5.91 Å². The molecule has 1 aromatic carbocycles. The summed E-state index contributed by atoms with van der Waals surface area (Å²) in [5, 5.41) is 7.17. The van der Waals surface area contributed by atoms with Gasteiger partial charge in [-0.25, -0.2) is 0 Å². The monoisotopic (exact) mass is 412 g/mol. The van der Waals surface area contributed by atoms with Crippen LogP contribution in [0.25, 0.3) is 0 Å². The summed E-state index contributed by atoms with van der Waals surface area (Å²) in [4.78, 5) is 12.5. The van der Waals surface area contributed by atoms with E-state index in [0.29, 0.717) is 44.3 Å². The van der Waals surface area contributed by atoms with Gasteiger partial charge in [0.15, 0.2) is 10.9 Å². The molecular weight excluding hydrogens is 391 g/mol. The van der Waals surface area contributed by atoms with Gasteiger partial charge >= 0.3 is 0 Å². The lowest BCUT2D eigenvalue weighted by atomic mass is 9.54. The first-order valence-corrected chi connectivity index (χ1v) is 10.3. The van der Waals surface area contributed by atoms with Gasteiger partial charge in [-0.05, 0) is 80.1 Å². The third-order valence-corrected chi connectivity index (χ3v) is 7.00. The van der Waals surface area contributed by atoms with E-state index in [2.05, 4.69) is 10.6 Å². The second-order valence-corrected chi connectivity index (χ2v) is 9.08. The molecule has 4 nitrogen and oxygen atoms in total. The van der Waals surface area contributed by atoms with Crippen molar-refractivity contribution < 1.29 is 9.53 Å². The molecule has 0 aliphatic heterocycles. The van der Waals surface area contributed by atoms with Gasteiger partial charge < -0.3 is 10.1 Å². The lowest BCUT2D eigenvalue weighted by Gasteiger charge is -2.54. The number of halogens is 2. The molecule has 4 fully saturated rings. The molecule has 1 amide bonds. The van der Waals surface area contributed by atoms with Gasteiger partial charge in [-0.3, -0.25) is 10.1 Å². The van der Waals surface area contributed by atoms with E-state index in [4.69, 9.17) is 40.2 Å². The topological polar surface area (TPSA) is 50.4 Å². The lowest BCUT2D eigenvalue weighted by Crippen LogP contribution is -2.57. The van der Waals surface area contributed by atoms with Crippen LogP contribution in [0.4, 0.5) is 0 Å². The highest BCUT2D eigenvalue weighted by Crippen LogP contribution is 2.53. The summed E-state index contributed by atoms with van der Waals surface area (Å²) in [6, 6.07) is 3.46. The summed E-state index contributed by atoms with van der Waals surface area (Å²) in [5.41, 5.74) is 0.357. The molecule has 0 unspecified atom stereocenters. The smallest absolute Gasteiger partial charge is 0.257 e. The Kier molecular flexibility index (Phi) is 5.06. The first kappa shape index (κ1) is 18.3. The largest absolute Gasteiger partial charge is 0.494 e. The standard InChI is InChI=1S/C19H22Cl2N2O2S/c1-25-17-14(20)7-13(8-15(17)21)18(24)23-19(26)22-16-11-3-9-2-10(5-11)6-12(16)4-9/h7-12,16H,2-6H2,1H3,(H2,22,23,24,26). The number of hydrogen-bond acceptors (Lipinski definition) is 3. The first-order valence-electron chi connectivity index (χ1n) is 9.09. The molecule has 4 saturated carbocycles. The second-order valence-electron chi connectivity index (χ2n) is 7.86. The van der Waals surface area contributed by atoms with Gasteiger partial charge in [-0.2, -0.15) is 0 Å². The van der Waals surface area contributed by atoms with Crippen LogP contribution in [0, 0.1) is 23.7 Å².